The third-order valence-corrected chi connectivity index (χ3v) is 5.81. The Morgan fingerprint density at radius 1 is 0.871 bits per heavy atom. The fraction of sp³-hybridized carbons (Fsp3) is 0.130. The van der Waals surface area contributed by atoms with Gasteiger partial charge in [-0.3, -0.25) is 9.59 Å². The highest BCUT2D eigenvalue weighted by Gasteiger charge is 2.17. The van der Waals surface area contributed by atoms with Gasteiger partial charge in [0.1, 0.15) is 6.54 Å². The van der Waals surface area contributed by atoms with E-state index in [1.54, 1.807) is 24.3 Å². The minimum Gasteiger partial charge on any atom is -0.455 e. The maximum Gasteiger partial charge on any atom is 0.321 e. The molecular weight excluding hydrogens is 416 g/mol. The molecule has 0 unspecified atom stereocenters. The van der Waals surface area contributed by atoms with Crippen LogP contribution in [-0.4, -0.2) is 33.4 Å². The summed E-state index contributed by atoms with van der Waals surface area (Å²) in [4.78, 5) is 24.2. The molecule has 0 aromatic heterocycles. The molecule has 1 amide bonds. The summed E-state index contributed by atoms with van der Waals surface area (Å²) in [6, 6.07) is 23.0. The maximum absolute atomic E-state index is 12.2. The zero-order valence-electron chi connectivity index (χ0n) is 16.9. The Morgan fingerprint density at radius 3 is 2.23 bits per heavy atom. The van der Waals surface area contributed by atoms with Crippen LogP contribution in [0.15, 0.2) is 83.8 Å². The lowest BCUT2D eigenvalue weighted by Gasteiger charge is -2.12. The maximum atomic E-state index is 12.2. The first-order chi connectivity index (χ1) is 14.8. The molecule has 8 heteroatoms. The Kier molecular flexibility index (Phi) is 7.17. The summed E-state index contributed by atoms with van der Waals surface area (Å²) in [5.41, 5.74) is 3.25. The number of para-hydroxylation sites is 1. The van der Waals surface area contributed by atoms with E-state index in [1.165, 1.54) is 12.1 Å². The van der Waals surface area contributed by atoms with Crippen molar-refractivity contribution in [3.8, 4) is 11.1 Å². The van der Waals surface area contributed by atoms with E-state index in [0.29, 0.717) is 5.69 Å². The number of esters is 1. The van der Waals surface area contributed by atoms with Crippen molar-refractivity contribution in [3.63, 3.8) is 0 Å². The van der Waals surface area contributed by atoms with Gasteiger partial charge in [0.15, 0.2) is 6.61 Å². The van der Waals surface area contributed by atoms with E-state index in [0.717, 1.165) is 16.7 Å². The lowest BCUT2D eigenvalue weighted by atomic mass is 10.0. The highest BCUT2D eigenvalue weighted by molar-refractivity contribution is 7.89. The predicted molar refractivity (Wildman–Crippen MR) is 118 cm³/mol. The smallest absolute Gasteiger partial charge is 0.321 e. The van der Waals surface area contributed by atoms with E-state index in [-0.39, 0.29) is 4.90 Å². The van der Waals surface area contributed by atoms with Crippen LogP contribution in [0.5, 0.6) is 0 Å². The number of carbonyl (C=O) groups excluding carboxylic acids is 2. The van der Waals surface area contributed by atoms with Gasteiger partial charge in [-0.15, -0.1) is 0 Å². The minimum atomic E-state index is -3.85. The van der Waals surface area contributed by atoms with E-state index in [9.17, 15) is 18.0 Å². The van der Waals surface area contributed by atoms with Gasteiger partial charge < -0.3 is 10.1 Å². The van der Waals surface area contributed by atoms with Crippen LogP contribution in [0, 0.1) is 6.92 Å². The van der Waals surface area contributed by atoms with Crippen LogP contribution < -0.4 is 10.0 Å². The number of hydrogen-bond acceptors (Lipinski definition) is 5. The molecule has 0 aliphatic rings. The quantitative estimate of drug-likeness (QED) is 0.526. The van der Waals surface area contributed by atoms with E-state index < -0.39 is 35.1 Å². The molecule has 0 fully saturated rings. The van der Waals surface area contributed by atoms with Crippen molar-refractivity contribution < 1.29 is 22.7 Å². The molecule has 7 nitrogen and oxygen atoms in total. The average molecular weight is 439 g/mol. The number of rotatable bonds is 8. The molecule has 0 spiro atoms. The van der Waals surface area contributed by atoms with Crippen molar-refractivity contribution in [2.45, 2.75) is 11.8 Å². The third kappa shape index (κ3) is 6.24. The number of amides is 1. The summed E-state index contributed by atoms with van der Waals surface area (Å²) >= 11 is 0. The monoisotopic (exact) mass is 438 g/mol. The third-order valence-electron chi connectivity index (χ3n) is 4.39. The molecule has 0 radical (unpaired) electrons. The first kappa shape index (κ1) is 22.2. The zero-order valence-corrected chi connectivity index (χ0v) is 17.7. The number of nitrogens with one attached hydrogen (secondary N) is 2. The van der Waals surface area contributed by atoms with Crippen molar-refractivity contribution in [3.05, 3.63) is 84.4 Å². The van der Waals surface area contributed by atoms with Crippen LogP contribution in [0.1, 0.15) is 5.56 Å². The molecule has 3 aromatic carbocycles. The number of hydrogen-bond donors (Lipinski definition) is 2. The highest BCUT2D eigenvalue weighted by atomic mass is 32.2. The second-order valence-corrected chi connectivity index (χ2v) is 8.53. The van der Waals surface area contributed by atoms with Crippen LogP contribution in [0.2, 0.25) is 0 Å². The van der Waals surface area contributed by atoms with Crippen LogP contribution >= 0.6 is 0 Å². The van der Waals surface area contributed by atoms with Crippen molar-refractivity contribution in [2.75, 3.05) is 18.5 Å². The van der Waals surface area contributed by atoms with Gasteiger partial charge in [-0.2, -0.15) is 4.72 Å². The number of anilines is 1. The molecule has 0 heterocycles. The van der Waals surface area contributed by atoms with Crippen molar-refractivity contribution in [2.24, 2.45) is 0 Å². The highest BCUT2D eigenvalue weighted by Crippen LogP contribution is 2.27. The summed E-state index contributed by atoms with van der Waals surface area (Å²) in [5.74, 6) is -1.39. The van der Waals surface area contributed by atoms with E-state index in [1.807, 2.05) is 49.4 Å². The standard InChI is InChI=1S/C23H22N2O5S/c1-17-11-13-19(14-12-17)31(28,29)24-15-23(27)30-16-22(26)25-21-10-6-5-9-20(21)18-7-3-2-4-8-18/h2-14,24H,15-16H2,1H3,(H,25,26). The largest absolute Gasteiger partial charge is 0.455 e. The summed E-state index contributed by atoms with van der Waals surface area (Å²) in [5, 5.41) is 2.71. The molecule has 0 aliphatic heterocycles. The summed E-state index contributed by atoms with van der Waals surface area (Å²) < 4.78 is 31.5. The second kappa shape index (κ2) is 10.0. The number of carbonyl (C=O) groups is 2. The molecule has 3 aromatic rings. The first-order valence-electron chi connectivity index (χ1n) is 9.51. The molecule has 3 rings (SSSR count). The summed E-state index contributed by atoms with van der Waals surface area (Å²) in [6.07, 6.45) is 0. The Hall–Kier alpha value is -3.49. The predicted octanol–water partition coefficient (Wildman–Crippen LogP) is 3.12. The van der Waals surface area contributed by atoms with Crippen molar-refractivity contribution in [1.29, 1.82) is 0 Å². The first-order valence-corrected chi connectivity index (χ1v) is 11.0. The lowest BCUT2D eigenvalue weighted by Crippen LogP contribution is -2.32. The Labute approximate surface area is 181 Å². The molecule has 2 N–H and O–H groups in total. The molecule has 0 aliphatic carbocycles. The molecular formula is C23H22N2O5S. The molecule has 31 heavy (non-hydrogen) atoms. The number of aryl methyl sites for hydroxylation is 1. The van der Waals surface area contributed by atoms with Gasteiger partial charge in [0.25, 0.3) is 5.91 Å². The molecule has 0 saturated carbocycles. The topological polar surface area (TPSA) is 102 Å². The van der Waals surface area contributed by atoms with E-state index in [2.05, 4.69) is 10.0 Å². The van der Waals surface area contributed by atoms with Gasteiger partial charge in [0.2, 0.25) is 10.0 Å². The van der Waals surface area contributed by atoms with Crippen LogP contribution in [-0.2, 0) is 24.3 Å². The van der Waals surface area contributed by atoms with Crippen LogP contribution in [0.25, 0.3) is 11.1 Å². The summed E-state index contributed by atoms with van der Waals surface area (Å²) in [7, 11) is -3.85. The Balaban J connectivity index is 1.52. The molecule has 0 bridgehead atoms. The van der Waals surface area contributed by atoms with E-state index in [4.69, 9.17) is 4.74 Å². The zero-order chi connectivity index (χ0) is 22.3. The van der Waals surface area contributed by atoms with Gasteiger partial charge in [0.05, 0.1) is 4.90 Å². The van der Waals surface area contributed by atoms with Crippen molar-refractivity contribution >= 4 is 27.6 Å². The Bertz CT molecular complexity index is 1160. The lowest BCUT2D eigenvalue weighted by molar-refractivity contribution is -0.146. The van der Waals surface area contributed by atoms with Crippen LogP contribution in [0.4, 0.5) is 5.69 Å². The number of benzene rings is 3. The fourth-order valence-corrected chi connectivity index (χ4v) is 3.77. The molecule has 160 valence electrons. The molecule has 0 saturated heterocycles. The number of ether oxygens (including phenoxy) is 1. The van der Waals surface area contributed by atoms with Gasteiger partial charge in [-0.25, -0.2) is 8.42 Å². The minimum absolute atomic E-state index is 0.0427. The van der Waals surface area contributed by atoms with Crippen LogP contribution in [0.3, 0.4) is 0 Å². The summed E-state index contributed by atoms with van der Waals surface area (Å²) in [6.45, 7) is 0.725. The average Bonchev–Trinajstić information content (AvgIpc) is 2.77. The van der Waals surface area contributed by atoms with Crippen molar-refractivity contribution in [1.82, 2.24) is 4.72 Å². The number of sulfonamides is 1. The molecule has 0 atom stereocenters. The second-order valence-electron chi connectivity index (χ2n) is 6.76. The van der Waals surface area contributed by atoms with E-state index >= 15 is 0 Å². The normalized spacial score (nSPS) is 11.0. The fourth-order valence-electron chi connectivity index (χ4n) is 2.80. The SMILES string of the molecule is Cc1ccc(S(=O)(=O)NCC(=O)OCC(=O)Nc2ccccc2-c2ccccc2)cc1. The van der Waals surface area contributed by atoms with Gasteiger partial charge in [0, 0.05) is 11.3 Å². The Morgan fingerprint density at radius 2 is 1.52 bits per heavy atom. The van der Waals surface area contributed by atoms with Gasteiger partial charge >= 0.3 is 5.97 Å². The van der Waals surface area contributed by atoms with Gasteiger partial charge in [-0.1, -0.05) is 66.2 Å². The van der Waals surface area contributed by atoms with Gasteiger partial charge in [-0.05, 0) is 30.7 Å².